The smallest absolute Gasteiger partial charge is 0.329 e. The molecular weight excluding hydrogens is 416 g/mol. The molecule has 2 aromatic carbocycles. The van der Waals surface area contributed by atoms with Gasteiger partial charge in [-0.15, -0.1) is 0 Å². The highest BCUT2D eigenvalue weighted by Crippen LogP contribution is 2.25. The number of halogens is 1. The van der Waals surface area contributed by atoms with Gasteiger partial charge in [0.2, 0.25) is 0 Å². The lowest BCUT2D eigenvalue weighted by molar-refractivity contribution is -0.139. The van der Waals surface area contributed by atoms with Crippen molar-refractivity contribution >= 4 is 29.6 Å². The van der Waals surface area contributed by atoms with Gasteiger partial charge < -0.3 is 14.6 Å². The highest BCUT2D eigenvalue weighted by molar-refractivity contribution is 6.35. The van der Waals surface area contributed by atoms with Gasteiger partial charge >= 0.3 is 11.8 Å². The highest BCUT2D eigenvalue weighted by Gasteiger charge is 2.14. The molecule has 2 amide bonds. The van der Waals surface area contributed by atoms with Crippen LogP contribution in [0.4, 0.5) is 0 Å². The van der Waals surface area contributed by atoms with E-state index in [1.807, 2.05) is 60.9 Å². The summed E-state index contributed by atoms with van der Waals surface area (Å²) < 4.78 is 7.09. The third-order valence-corrected chi connectivity index (χ3v) is 5.07. The molecule has 3 aromatic rings. The Balaban J connectivity index is 1.60. The van der Waals surface area contributed by atoms with E-state index in [4.69, 9.17) is 16.3 Å². The van der Waals surface area contributed by atoms with Gasteiger partial charge in [0.15, 0.2) is 0 Å². The van der Waals surface area contributed by atoms with E-state index in [1.54, 1.807) is 19.2 Å². The molecule has 0 fully saturated rings. The summed E-state index contributed by atoms with van der Waals surface area (Å²) in [5.74, 6) is -0.893. The molecule has 0 saturated heterocycles. The Morgan fingerprint density at radius 1 is 1.10 bits per heavy atom. The first-order valence-electron chi connectivity index (χ1n) is 9.58. The second kappa shape index (κ2) is 9.95. The van der Waals surface area contributed by atoms with Crippen LogP contribution in [0.3, 0.4) is 0 Å². The topological polar surface area (TPSA) is 84.7 Å². The van der Waals surface area contributed by atoms with Crippen molar-refractivity contribution in [2.75, 3.05) is 7.11 Å². The van der Waals surface area contributed by atoms with E-state index in [0.717, 1.165) is 34.0 Å². The number of amides is 2. The molecule has 0 radical (unpaired) electrons. The van der Waals surface area contributed by atoms with Gasteiger partial charge in [0.25, 0.3) is 0 Å². The average Bonchev–Trinajstić information content (AvgIpc) is 3.05. The molecule has 1 aromatic heterocycles. The van der Waals surface area contributed by atoms with Gasteiger partial charge in [-0.05, 0) is 49.7 Å². The second-order valence-electron chi connectivity index (χ2n) is 6.84. The zero-order valence-corrected chi connectivity index (χ0v) is 18.2. The second-order valence-corrected chi connectivity index (χ2v) is 7.25. The van der Waals surface area contributed by atoms with Crippen LogP contribution in [0.5, 0.6) is 5.75 Å². The molecule has 0 atom stereocenters. The number of rotatable bonds is 6. The summed E-state index contributed by atoms with van der Waals surface area (Å²) >= 11 is 6.32. The third-order valence-electron chi connectivity index (χ3n) is 4.75. The summed E-state index contributed by atoms with van der Waals surface area (Å²) in [4.78, 5) is 24.0. The number of ether oxygens (including phenoxy) is 1. The van der Waals surface area contributed by atoms with Crippen molar-refractivity contribution in [1.29, 1.82) is 0 Å². The van der Waals surface area contributed by atoms with Crippen LogP contribution in [0, 0.1) is 13.8 Å². The number of nitrogens with one attached hydrogen (secondary N) is 2. The van der Waals surface area contributed by atoms with Crippen LogP contribution in [-0.4, -0.2) is 29.7 Å². The van der Waals surface area contributed by atoms with E-state index in [-0.39, 0.29) is 6.54 Å². The number of hydrazone groups is 1. The zero-order valence-electron chi connectivity index (χ0n) is 17.5. The maximum atomic E-state index is 12.0. The standard InChI is InChI=1S/C23H23ClN4O3/c1-15-12-18(16(2)28(15)21-7-5-4-6-20(21)24)14-26-27-23(30)22(29)25-13-17-8-10-19(31-3)11-9-17/h4-12,14H,13H2,1-3H3,(H,25,29)(H,27,30)/b26-14-. The van der Waals surface area contributed by atoms with Crippen LogP contribution in [0.15, 0.2) is 59.7 Å². The normalized spacial score (nSPS) is 10.8. The van der Waals surface area contributed by atoms with Crippen LogP contribution in [0.25, 0.3) is 5.69 Å². The molecule has 0 saturated carbocycles. The van der Waals surface area contributed by atoms with Gasteiger partial charge in [0.05, 0.1) is 24.0 Å². The Kier molecular flexibility index (Phi) is 7.10. The first-order chi connectivity index (χ1) is 14.9. The molecule has 0 spiro atoms. The van der Waals surface area contributed by atoms with Crippen molar-refractivity contribution in [3.63, 3.8) is 0 Å². The zero-order chi connectivity index (χ0) is 22.4. The summed E-state index contributed by atoms with van der Waals surface area (Å²) in [6.07, 6.45) is 1.50. The number of aromatic nitrogens is 1. The first-order valence-corrected chi connectivity index (χ1v) is 9.96. The Labute approximate surface area is 185 Å². The summed E-state index contributed by atoms with van der Waals surface area (Å²) in [6, 6.07) is 16.7. The Morgan fingerprint density at radius 3 is 2.48 bits per heavy atom. The molecule has 2 N–H and O–H groups in total. The van der Waals surface area contributed by atoms with Gasteiger partial charge in [-0.25, -0.2) is 5.43 Å². The van der Waals surface area contributed by atoms with Crippen molar-refractivity contribution in [1.82, 2.24) is 15.3 Å². The van der Waals surface area contributed by atoms with Gasteiger partial charge in [-0.2, -0.15) is 5.10 Å². The lowest BCUT2D eigenvalue weighted by Crippen LogP contribution is -2.37. The van der Waals surface area contributed by atoms with E-state index in [2.05, 4.69) is 15.8 Å². The van der Waals surface area contributed by atoms with E-state index < -0.39 is 11.8 Å². The summed E-state index contributed by atoms with van der Waals surface area (Å²) in [7, 11) is 1.58. The first kappa shape index (κ1) is 22.1. The minimum absolute atomic E-state index is 0.221. The van der Waals surface area contributed by atoms with Crippen LogP contribution in [0.2, 0.25) is 5.02 Å². The molecule has 8 heteroatoms. The van der Waals surface area contributed by atoms with Gasteiger partial charge in [0, 0.05) is 23.5 Å². The number of benzene rings is 2. The summed E-state index contributed by atoms with van der Waals surface area (Å²) in [5.41, 5.74) is 6.64. The van der Waals surface area contributed by atoms with Gasteiger partial charge in [0.1, 0.15) is 5.75 Å². The van der Waals surface area contributed by atoms with E-state index in [0.29, 0.717) is 5.02 Å². The minimum atomic E-state index is -0.843. The van der Waals surface area contributed by atoms with Gasteiger partial charge in [-0.3, -0.25) is 9.59 Å². The fourth-order valence-electron chi connectivity index (χ4n) is 3.14. The molecule has 0 aliphatic rings. The van der Waals surface area contributed by atoms with E-state index >= 15 is 0 Å². The Hall–Kier alpha value is -3.58. The minimum Gasteiger partial charge on any atom is -0.497 e. The lowest BCUT2D eigenvalue weighted by Gasteiger charge is -2.11. The maximum absolute atomic E-state index is 12.0. The van der Waals surface area contributed by atoms with Crippen LogP contribution in [-0.2, 0) is 16.1 Å². The molecular formula is C23H23ClN4O3. The molecule has 0 aliphatic heterocycles. The van der Waals surface area contributed by atoms with Crippen molar-refractivity contribution in [3.8, 4) is 11.4 Å². The quantitative estimate of drug-likeness (QED) is 0.351. The number of methoxy groups -OCH3 is 1. The predicted molar refractivity (Wildman–Crippen MR) is 121 cm³/mol. The number of hydrogen-bond donors (Lipinski definition) is 2. The molecule has 31 heavy (non-hydrogen) atoms. The average molecular weight is 439 g/mol. The summed E-state index contributed by atoms with van der Waals surface area (Å²) in [6.45, 7) is 4.11. The molecule has 1 heterocycles. The Bertz CT molecular complexity index is 1120. The largest absolute Gasteiger partial charge is 0.497 e. The maximum Gasteiger partial charge on any atom is 0.329 e. The van der Waals surface area contributed by atoms with Gasteiger partial charge in [-0.1, -0.05) is 35.9 Å². The molecule has 3 rings (SSSR count). The summed E-state index contributed by atoms with van der Waals surface area (Å²) in [5, 5.41) is 7.11. The molecule has 7 nitrogen and oxygen atoms in total. The van der Waals surface area contributed by atoms with Crippen LogP contribution < -0.4 is 15.5 Å². The predicted octanol–water partition coefficient (Wildman–Crippen LogP) is 3.52. The molecule has 0 bridgehead atoms. The number of para-hydroxylation sites is 1. The lowest BCUT2D eigenvalue weighted by atomic mass is 10.2. The van der Waals surface area contributed by atoms with E-state index in [1.165, 1.54) is 6.21 Å². The van der Waals surface area contributed by atoms with Crippen molar-refractivity contribution in [3.05, 3.63) is 82.1 Å². The number of carbonyl (C=O) groups is 2. The number of carbonyl (C=O) groups excluding carboxylic acids is 2. The fraction of sp³-hybridized carbons (Fsp3) is 0.174. The van der Waals surface area contributed by atoms with E-state index in [9.17, 15) is 9.59 Å². The van der Waals surface area contributed by atoms with Crippen molar-refractivity contribution in [2.45, 2.75) is 20.4 Å². The van der Waals surface area contributed by atoms with Crippen molar-refractivity contribution in [2.24, 2.45) is 5.10 Å². The van der Waals surface area contributed by atoms with Crippen LogP contribution >= 0.6 is 11.6 Å². The third kappa shape index (κ3) is 5.32. The highest BCUT2D eigenvalue weighted by atomic mass is 35.5. The number of nitrogens with zero attached hydrogens (tertiary/aromatic N) is 2. The monoisotopic (exact) mass is 438 g/mol. The Morgan fingerprint density at radius 2 is 1.81 bits per heavy atom. The van der Waals surface area contributed by atoms with Crippen molar-refractivity contribution < 1.29 is 14.3 Å². The SMILES string of the molecule is COc1ccc(CNC(=O)C(=O)N/N=C\c2cc(C)n(-c3ccccc3Cl)c2C)cc1. The molecule has 0 unspecified atom stereocenters. The number of aryl methyl sites for hydroxylation is 1. The molecule has 160 valence electrons. The molecule has 0 aliphatic carbocycles. The number of hydrogen-bond acceptors (Lipinski definition) is 4. The van der Waals surface area contributed by atoms with Crippen LogP contribution in [0.1, 0.15) is 22.5 Å². The fourth-order valence-corrected chi connectivity index (χ4v) is 3.36.